The zero-order chi connectivity index (χ0) is 98.1. The van der Waals surface area contributed by atoms with Gasteiger partial charge in [0.15, 0.2) is 33.3 Å². The van der Waals surface area contributed by atoms with E-state index in [1.165, 1.54) is 35.9 Å². The summed E-state index contributed by atoms with van der Waals surface area (Å²) in [6.07, 6.45) is 12.3. The zero-order valence-corrected chi connectivity index (χ0v) is 84.9. The van der Waals surface area contributed by atoms with Gasteiger partial charge in [-0.25, -0.2) is 56.7 Å². The topological polar surface area (TPSA) is 363 Å². The van der Waals surface area contributed by atoms with E-state index in [4.69, 9.17) is 138 Å². The summed E-state index contributed by atoms with van der Waals surface area (Å²) in [4.78, 5) is 32.5. The normalized spacial score (nSPS) is 11.3. The fourth-order valence-electron chi connectivity index (χ4n) is 12.6. The lowest BCUT2D eigenvalue weighted by molar-refractivity contribution is 0.299. The molecule has 0 atom stereocenters. The number of nitrogens with one attached hydrogen (secondary N) is 1. The van der Waals surface area contributed by atoms with Crippen molar-refractivity contribution in [3.8, 4) is 70.3 Å². The molecule has 4 heterocycles. The van der Waals surface area contributed by atoms with Gasteiger partial charge in [-0.3, -0.25) is 4.72 Å². The molecule has 0 saturated heterocycles. The third-order valence-electron chi connectivity index (χ3n) is 20.2. The third kappa shape index (κ3) is 31.3. The summed E-state index contributed by atoms with van der Waals surface area (Å²) in [7, 11) is -6.96. The molecule has 0 saturated carbocycles. The predicted octanol–water partition coefficient (Wildman–Crippen LogP) is 22.9. The molecule has 0 amide bonds. The Hall–Kier alpha value is -10.6. The molecule has 12 aromatic rings. The van der Waals surface area contributed by atoms with Crippen LogP contribution in [0.4, 0.5) is 5.95 Å². The molecule has 702 valence electrons. The van der Waals surface area contributed by atoms with E-state index in [1.807, 2.05) is 163 Å². The molecule has 8 aromatic carbocycles. The summed E-state index contributed by atoms with van der Waals surface area (Å²) >= 11 is 56.9. The molecule has 0 radical (unpaired) electrons. The van der Waals surface area contributed by atoms with E-state index in [1.54, 1.807) is 73.1 Å². The number of benzene rings is 8. The maximum absolute atomic E-state index is 11.6. The number of phenols is 1. The molecule has 38 heteroatoms. The summed E-state index contributed by atoms with van der Waals surface area (Å²) in [5, 5.41) is 50.3. The zero-order valence-electron chi connectivity index (χ0n) is 74.8. The van der Waals surface area contributed by atoms with Crippen molar-refractivity contribution in [2.75, 3.05) is 79.7 Å². The van der Waals surface area contributed by atoms with E-state index in [2.05, 4.69) is 82.7 Å². The number of ether oxygens (including phenoxy) is 7. The molecule has 25 nitrogen and oxygen atoms in total. The number of aromatic hydroxyl groups is 1. The lowest BCUT2D eigenvalue weighted by Gasteiger charge is -2.27. The minimum atomic E-state index is -3.49. The van der Waals surface area contributed by atoms with E-state index in [0.29, 0.717) is 124 Å². The number of hydrogen-bond donors (Lipinski definition) is 2. The monoisotopic (exact) mass is 2060 g/mol. The number of nitrogens with zero attached hydrogens (tertiary/aromatic N) is 12. The highest BCUT2D eigenvalue weighted by atomic mass is 35.5. The summed E-state index contributed by atoms with van der Waals surface area (Å²) in [5.74, 6) is 5.22. The summed E-state index contributed by atoms with van der Waals surface area (Å²) in [6.45, 7) is 18.0. The van der Waals surface area contributed by atoms with E-state index in [9.17, 15) is 43.0 Å². The van der Waals surface area contributed by atoms with Crippen molar-refractivity contribution in [3.05, 3.63) is 304 Å². The van der Waals surface area contributed by atoms with Crippen molar-refractivity contribution < 1.29 is 55.1 Å². The van der Waals surface area contributed by atoms with Crippen LogP contribution in [0.2, 0.25) is 20.1 Å². The minimum Gasteiger partial charge on any atom is -0.508 e. The van der Waals surface area contributed by atoms with Crippen LogP contribution in [0.3, 0.4) is 0 Å². The standard InChI is InChI=1S/C24H24Cl2N4O4S.C24H23Cl2N3O4S.C24H23Cl2N3O2S.C18H17Cl2NO2.C6H7ClN2S/c1-24(2,18-12-16(14-27)22(21(26)13-18)33-11-9-25)17-4-6-20(7-5-17)34-15-19-8-10-28-23(29-19)30-35(3,31)32;1-24(2,18-12-16(14-27)22(21(26)13-18)32-11-9-25)17-4-6-20(7-5-17)33-15-19-8-10-28-23(29-19)34(3,30)31;1-24(2,18-12-16(14-27)22(21(26)13-18)30-11-9-25)17-4-6-20(7-5-17)31-15-19-8-10-28-23(29-19)32-3;1-18(2,13-3-5-15(22)6-4-13)14-9-12(11-21)17(16(20)10-14)23-8-7-19;1-10-6-8-3-2-5(4-7)9-6/h4-8,10,12-13H,9,11,15H2,1-3H3,(H,28,29,30);4-8,10,12-13H,9,11,15H2,1-3H3;4-8,10,12-13H,9,11,15H2,1-3H3;3-6,9-10,22H,7-8H2,1-2H3;2-3H,4H2,1H3. The first-order valence-corrected chi connectivity index (χ1v) is 51.0. The van der Waals surface area contributed by atoms with Crippen molar-refractivity contribution in [2.24, 2.45) is 0 Å². The fraction of sp³-hybridized carbons (Fsp3) is 0.292. The highest BCUT2D eigenvalue weighted by Gasteiger charge is 2.31. The number of halogens is 9. The molecule has 4 aromatic heterocycles. The van der Waals surface area contributed by atoms with Gasteiger partial charge in [0.05, 0.1) is 101 Å². The molecular formula is C96H94Cl9N13O12S4. The number of phenolic OH excluding ortho intramolecular Hbond substituents is 1. The number of nitriles is 4. The van der Waals surface area contributed by atoms with Crippen LogP contribution in [0.1, 0.15) is 145 Å². The average molecular weight is 2070 g/mol. The molecule has 0 fully saturated rings. The second-order valence-corrected chi connectivity index (χ2v) is 39.6. The van der Waals surface area contributed by atoms with Gasteiger partial charge in [0, 0.05) is 52.7 Å². The number of aromatic nitrogens is 8. The number of hydrogen-bond acceptors (Lipinski definition) is 26. The average Bonchev–Trinajstić information content (AvgIpc) is 0.792. The molecule has 134 heavy (non-hydrogen) atoms. The van der Waals surface area contributed by atoms with Gasteiger partial charge in [-0.05, 0) is 178 Å². The molecule has 0 unspecified atom stereocenters. The predicted molar refractivity (Wildman–Crippen MR) is 531 cm³/mol. The summed E-state index contributed by atoms with van der Waals surface area (Å²) in [6, 6.07) is 59.8. The maximum atomic E-state index is 11.6. The second kappa shape index (κ2) is 51.4. The molecule has 0 bridgehead atoms. The lowest BCUT2D eigenvalue weighted by atomic mass is 9.77. The first-order chi connectivity index (χ1) is 63.7. The molecule has 0 spiro atoms. The first-order valence-electron chi connectivity index (χ1n) is 40.5. The van der Waals surface area contributed by atoms with Gasteiger partial charge >= 0.3 is 0 Å². The number of sulfonamides is 1. The molecule has 0 aliphatic carbocycles. The van der Waals surface area contributed by atoms with Gasteiger partial charge < -0.3 is 38.3 Å². The van der Waals surface area contributed by atoms with Crippen molar-refractivity contribution >= 4 is 154 Å². The highest BCUT2D eigenvalue weighted by molar-refractivity contribution is 7.98. The molecule has 0 aliphatic heterocycles. The van der Waals surface area contributed by atoms with E-state index in [-0.39, 0.29) is 61.9 Å². The Morgan fingerprint density at radius 3 is 0.925 bits per heavy atom. The molecule has 2 N–H and O–H groups in total. The van der Waals surface area contributed by atoms with Gasteiger partial charge in [-0.15, -0.1) is 58.0 Å². The van der Waals surface area contributed by atoms with E-state index >= 15 is 0 Å². The van der Waals surface area contributed by atoms with Crippen LogP contribution in [0.15, 0.2) is 210 Å². The van der Waals surface area contributed by atoms with Gasteiger partial charge in [-0.1, -0.05) is 174 Å². The Bertz CT molecular complexity index is 6400. The van der Waals surface area contributed by atoms with Crippen LogP contribution in [-0.4, -0.2) is 137 Å². The van der Waals surface area contributed by atoms with Crippen LogP contribution in [-0.2, 0) is 67.2 Å². The number of thioether (sulfide) groups is 2. The second-order valence-electron chi connectivity index (χ2n) is 31.0. The van der Waals surface area contributed by atoms with Crippen LogP contribution in [0, 0.1) is 45.3 Å². The number of rotatable bonds is 35. The fourth-order valence-corrected chi connectivity index (χ4v) is 15.9. The van der Waals surface area contributed by atoms with Gasteiger partial charge in [0.2, 0.25) is 31.0 Å². The van der Waals surface area contributed by atoms with Crippen molar-refractivity contribution in [1.82, 2.24) is 39.9 Å². The van der Waals surface area contributed by atoms with Crippen molar-refractivity contribution in [2.45, 2.75) is 118 Å². The van der Waals surface area contributed by atoms with Crippen LogP contribution in [0.5, 0.6) is 46.0 Å². The summed E-state index contributed by atoms with van der Waals surface area (Å²) in [5.41, 5.74) is 9.99. The third-order valence-corrected chi connectivity index (χ3v) is 24.8. The Morgan fingerprint density at radius 1 is 0.366 bits per heavy atom. The minimum absolute atomic E-state index is 0.0137. The Balaban J connectivity index is 0.000000214. The Morgan fingerprint density at radius 2 is 0.642 bits per heavy atom. The smallest absolute Gasteiger partial charge is 0.247 e. The number of alkyl halides is 5. The van der Waals surface area contributed by atoms with Gasteiger partial charge in [0.25, 0.3) is 0 Å². The SMILES string of the molecule is CC(C)(c1ccc(O)cc1)c1cc(Cl)c(OCCCl)c(C#N)c1.CC(C)(c1ccc(OCc2ccnc(NS(C)(=O)=O)n2)cc1)c1cc(Cl)c(OCCCl)c(C#N)c1.CC(C)(c1ccc(OCc2ccnc(S(C)(=O)=O)n2)cc1)c1cc(Cl)c(OCCCl)c(C#N)c1.CSc1nccc(CCl)n1.CSc1nccc(COc2ccc(C(C)(C)c3cc(Cl)c(OCCCl)c(C#N)c3)cc2)n1. The quantitative estimate of drug-likeness (QED) is 0.0212. The Labute approximate surface area is 835 Å². The molecule has 0 aliphatic rings. The van der Waals surface area contributed by atoms with Crippen LogP contribution < -0.4 is 37.9 Å². The van der Waals surface area contributed by atoms with Gasteiger partial charge in [0.1, 0.15) is 93.5 Å². The van der Waals surface area contributed by atoms with Gasteiger partial charge in [-0.2, -0.15) is 21.0 Å². The Kier molecular flexibility index (Phi) is 41.7. The van der Waals surface area contributed by atoms with E-state index in [0.717, 1.165) is 84.5 Å². The van der Waals surface area contributed by atoms with Crippen LogP contribution >= 0.6 is 128 Å². The van der Waals surface area contributed by atoms with Crippen molar-refractivity contribution in [3.63, 3.8) is 0 Å². The van der Waals surface area contributed by atoms with Crippen molar-refractivity contribution in [1.29, 1.82) is 21.0 Å². The summed E-state index contributed by atoms with van der Waals surface area (Å²) < 4.78 is 87.8. The largest absolute Gasteiger partial charge is 0.508 e. The first kappa shape index (κ1) is 109. The van der Waals surface area contributed by atoms with Crippen LogP contribution in [0.25, 0.3) is 0 Å². The molecular weight excluding hydrogens is 1970 g/mol. The lowest BCUT2D eigenvalue weighted by Crippen LogP contribution is -2.19. The number of anilines is 1. The highest BCUT2D eigenvalue weighted by Crippen LogP contribution is 2.44. The molecule has 12 rings (SSSR count). The maximum Gasteiger partial charge on any atom is 0.247 e. The van der Waals surface area contributed by atoms with E-state index < -0.39 is 36.1 Å². The number of sulfone groups is 1.